The molecule has 4 atom stereocenters. The molecule has 0 saturated carbocycles. The predicted molar refractivity (Wildman–Crippen MR) is 152 cm³/mol. The molecule has 39 heavy (non-hydrogen) atoms. The summed E-state index contributed by atoms with van der Waals surface area (Å²) in [6, 6.07) is 40.9. The Hall–Kier alpha value is -5.19. The van der Waals surface area contributed by atoms with E-state index in [0.717, 1.165) is 22.3 Å². The number of nitriles is 2. The van der Waals surface area contributed by atoms with E-state index in [4.69, 9.17) is 0 Å². The number of ketones is 1. The molecule has 2 aliphatic rings. The number of carbonyl (C=O) groups is 1. The fourth-order valence-corrected chi connectivity index (χ4v) is 6.32. The Morgan fingerprint density at radius 3 is 1.90 bits per heavy atom. The molecule has 4 nitrogen and oxygen atoms in total. The number of rotatable bonds is 5. The van der Waals surface area contributed by atoms with E-state index in [-0.39, 0.29) is 29.2 Å². The highest BCUT2D eigenvalue weighted by molar-refractivity contribution is 6.02. The molecule has 0 radical (unpaired) electrons. The highest BCUT2D eigenvalue weighted by atomic mass is 16.1. The van der Waals surface area contributed by atoms with Crippen LogP contribution >= 0.6 is 0 Å². The number of Topliss-reactive ketones (excluding diaryl/α,β-unsaturated/α-hetero) is 1. The van der Waals surface area contributed by atoms with Crippen molar-refractivity contribution in [2.24, 2.45) is 5.92 Å². The maximum absolute atomic E-state index is 14.4. The topological polar surface area (TPSA) is 67.9 Å². The zero-order chi connectivity index (χ0) is 26.8. The Morgan fingerprint density at radius 2 is 1.26 bits per heavy atom. The molecule has 6 rings (SSSR count). The lowest BCUT2D eigenvalue weighted by molar-refractivity contribution is 0.0874. The third-order valence-electron chi connectivity index (χ3n) is 7.87. The second-order valence-electron chi connectivity index (χ2n) is 9.85. The highest BCUT2D eigenvalue weighted by Crippen LogP contribution is 2.58. The lowest BCUT2D eigenvalue weighted by atomic mass is 9.71. The molecule has 0 bridgehead atoms. The number of fused-ring (bicyclic) bond motifs is 3. The molecule has 1 saturated heterocycles. The number of hydrogen-bond acceptors (Lipinski definition) is 4. The van der Waals surface area contributed by atoms with Gasteiger partial charge in [-0.15, -0.1) is 0 Å². The highest BCUT2D eigenvalue weighted by Gasteiger charge is 2.54. The van der Waals surface area contributed by atoms with Gasteiger partial charge in [0.25, 0.3) is 0 Å². The first-order valence-electron chi connectivity index (χ1n) is 13.0. The van der Waals surface area contributed by atoms with Gasteiger partial charge in [0.2, 0.25) is 0 Å². The fraction of sp³-hybridized carbons (Fsp3) is 0.114. The van der Waals surface area contributed by atoms with Gasteiger partial charge in [0.05, 0.1) is 12.1 Å². The lowest BCUT2D eigenvalue weighted by Gasteiger charge is -2.35. The van der Waals surface area contributed by atoms with Crippen molar-refractivity contribution >= 4 is 17.4 Å². The van der Waals surface area contributed by atoms with E-state index in [1.54, 1.807) is 0 Å². The van der Waals surface area contributed by atoms with E-state index < -0.39 is 6.04 Å². The second kappa shape index (κ2) is 10.3. The van der Waals surface area contributed by atoms with Crippen LogP contribution in [0.3, 0.4) is 0 Å². The number of allylic oxidation sites excluding steroid dienone is 1. The molecule has 0 amide bonds. The van der Waals surface area contributed by atoms with E-state index in [1.165, 1.54) is 0 Å². The molecular weight excluding hydrogens is 478 g/mol. The summed E-state index contributed by atoms with van der Waals surface area (Å²) < 4.78 is 0. The molecule has 2 aliphatic heterocycles. The summed E-state index contributed by atoms with van der Waals surface area (Å²) in [5.41, 5.74) is 5.37. The SMILES string of the molecule is N#CC(C#N)=C(c1ccccc1)[C@@H]1[C@H](c2ccccc2)[C@H](C(=O)c2ccccc2)N2C=Cc3ccccc3[C@H]12. The van der Waals surface area contributed by atoms with Crippen LogP contribution in [-0.4, -0.2) is 16.7 Å². The van der Waals surface area contributed by atoms with Crippen molar-refractivity contribution in [3.8, 4) is 12.1 Å². The maximum atomic E-state index is 14.4. The van der Waals surface area contributed by atoms with Crippen molar-refractivity contribution in [2.45, 2.75) is 18.0 Å². The van der Waals surface area contributed by atoms with Crippen LogP contribution in [0.2, 0.25) is 0 Å². The Labute approximate surface area is 228 Å². The molecule has 2 heterocycles. The molecule has 4 aromatic rings. The maximum Gasteiger partial charge on any atom is 0.185 e. The molecule has 0 aromatic heterocycles. The van der Waals surface area contributed by atoms with Crippen molar-refractivity contribution < 1.29 is 4.79 Å². The molecule has 0 N–H and O–H groups in total. The van der Waals surface area contributed by atoms with Crippen LogP contribution in [0.15, 0.2) is 127 Å². The summed E-state index contributed by atoms with van der Waals surface area (Å²) in [5.74, 6) is -0.636. The van der Waals surface area contributed by atoms with E-state index in [9.17, 15) is 15.3 Å². The molecule has 0 aliphatic carbocycles. The van der Waals surface area contributed by atoms with Crippen molar-refractivity contribution in [3.63, 3.8) is 0 Å². The van der Waals surface area contributed by atoms with Crippen molar-refractivity contribution in [1.29, 1.82) is 10.5 Å². The van der Waals surface area contributed by atoms with Gasteiger partial charge in [-0.05, 0) is 33.9 Å². The normalized spacial score (nSPS) is 20.7. The average molecular weight is 504 g/mol. The van der Waals surface area contributed by atoms with Crippen LogP contribution in [0.1, 0.15) is 44.6 Å². The molecule has 0 spiro atoms. The summed E-state index contributed by atoms with van der Waals surface area (Å²) in [6.07, 6.45) is 4.08. The molecule has 186 valence electrons. The summed E-state index contributed by atoms with van der Waals surface area (Å²) in [7, 11) is 0. The molecule has 4 aromatic carbocycles. The standard InChI is InChI=1S/C35H25N3O/c36-22-28(23-37)30(25-13-4-1-5-14-25)32-31(26-15-6-2-7-16-26)34(35(39)27-17-8-3-9-18-27)38-21-20-24-12-10-11-19-29(24)33(32)38/h1-21,31-34H/t31-,32+,33+,34+/m0/s1. The van der Waals surface area contributed by atoms with E-state index >= 15 is 0 Å². The van der Waals surface area contributed by atoms with Crippen LogP contribution in [-0.2, 0) is 0 Å². The molecule has 1 fully saturated rings. The van der Waals surface area contributed by atoms with E-state index in [2.05, 4.69) is 47.4 Å². The minimum absolute atomic E-state index is 0.0175. The van der Waals surface area contributed by atoms with Gasteiger partial charge in [0.1, 0.15) is 17.7 Å². The van der Waals surface area contributed by atoms with Crippen LogP contribution in [0.25, 0.3) is 11.6 Å². The van der Waals surface area contributed by atoms with Crippen LogP contribution in [0.4, 0.5) is 0 Å². The van der Waals surface area contributed by atoms with Crippen molar-refractivity contribution in [2.75, 3.05) is 0 Å². The minimum Gasteiger partial charge on any atom is -0.359 e. The first-order valence-corrected chi connectivity index (χ1v) is 13.0. The molecule has 0 unspecified atom stereocenters. The number of hydrogen-bond donors (Lipinski definition) is 0. The smallest absolute Gasteiger partial charge is 0.185 e. The van der Waals surface area contributed by atoms with Gasteiger partial charge in [0, 0.05) is 23.6 Å². The molecule has 4 heteroatoms. The van der Waals surface area contributed by atoms with Gasteiger partial charge in [-0.3, -0.25) is 4.79 Å². The van der Waals surface area contributed by atoms with Gasteiger partial charge < -0.3 is 4.90 Å². The quantitative estimate of drug-likeness (QED) is 0.214. The summed E-state index contributed by atoms with van der Waals surface area (Å²) in [6.45, 7) is 0. The average Bonchev–Trinajstić information content (AvgIpc) is 3.36. The van der Waals surface area contributed by atoms with Crippen LogP contribution < -0.4 is 0 Å². The first kappa shape index (κ1) is 24.2. The van der Waals surface area contributed by atoms with E-state index in [0.29, 0.717) is 11.1 Å². The van der Waals surface area contributed by atoms with E-state index in [1.807, 2.05) is 97.2 Å². The van der Waals surface area contributed by atoms with Crippen LogP contribution in [0, 0.1) is 28.6 Å². The second-order valence-corrected chi connectivity index (χ2v) is 9.85. The van der Waals surface area contributed by atoms with Gasteiger partial charge >= 0.3 is 0 Å². The Bertz CT molecular complexity index is 1640. The summed E-state index contributed by atoms with van der Waals surface area (Å²) in [4.78, 5) is 16.6. The first-order chi connectivity index (χ1) is 19.2. The third kappa shape index (κ3) is 4.13. The summed E-state index contributed by atoms with van der Waals surface area (Å²) in [5, 5.41) is 20.4. The van der Waals surface area contributed by atoms with Gasteiger partial charge in [-0.2, -0.15) is 10.5 Å². The largest absolute Gasteiger partial charge is 0.359 e. The Kier molecular flexibility index (Phi) is 6.37. The number of carbonyl (C=O) groups excluding carboxylic acids is 1. The monoisotopic (exact) mass is 503 g/mol. The summed E-state index contributed by atoms with van der Waals surface area (Å²) >= 11 is 0. The number of nitrogens with zero attached hydrogens (tertiary/aromatic N) is 3. The predicted octanol–water partition coefficient (Wildman–Crippen LogP) is 7.18. The molecular formula is C35H25N3O. The zero-order valence-corrected chi connectivity index (χ0v) is 21.2. The van der Waals surface area contributed by atoms with Crippen molar-refractivity contribution in [1.82, 2.24) is 4.90 Å². The van der Waals surface area contributed by atoms with Gasteiger partial charge in [-0.25, -0.2) is 0 Å². The van der Waals surface area contributed by atoms with Crippen LogP contribution in [0.5, 0.6) is 0 Å². The Morgan fingerprint density at radius 1 is 0.692 bits per heavy atom. The number of benzene rings is 4. The van der Waals surface area contributed by atoms with Gasteiger partial charge in [0.15, 0.2) is 5.78 Å². The fourth-order valence-electron chi connectivity index (χ4n) is 6.32. The Balaban J connectivity index is 1.67. The zero-order valence-electron chi connectivity index (χ0n) is 21.2. The van der Waals surface area contributed by atoms with Gasteiger partial charge in [-0.1, -0.05) is 115 Å². The third-order valence-corrected chi connectivity index (χ3v) is 7.87. The lowest BCUT2D eigenvalue weighted by Crippen LogP contribution is -2.37. The van der Waals surface area contributed by atoms with Crippen molar-refractivity contribution in [3.05, 3.63) is 155 Å². The minimum atomic E-state index is -0.535.